The van der Waals surface area contributed by atoms with Crippen LogP contribution in [-0.4, -0.2) is 113 Å². The molecule has 3 aromatic heterocycles. The van der Waals surface area contributed by atoms with Gasteiger partial charge < -0.3 is 38.1 Å². The van der Waals surface area contributed by atoms with E-state index >= 15 is 0 Å². The van der Waals surface area contributed by atoms with E-state index in [4.69, 9.17) is 27.9 Å². The summed E-state index contributed by atoms with van der Waals surface area (Å²) < 4.78 is 83.6. The van der Waals surface area contributed by atoms with E-state index in [-0.39, 0.29) is 0 Å². The minimum Gasteiger partial charge on any atom is -0.399 e. The summed E-state index contributed by atoms with van der Waals surface area (Å²) in [6.07, 6.45) is 5.22. The van der Waals surface area contributed by atoms with Crippen LogP contribution < -0.4 is 16.4 Å². The van der Waals surface area contributed by atoms with Gasteiger partial charge in [-0.3, -0.25) is 14.0 Å². The van der Waals surface area contributed by atoms with Crippen LogP contribution in [-0.2, 0) is 47.6 Å². The molecule has 0 saturated carbocycles. The molecule has 3 aliphatic heterocycles. The molecule has 3 aromatic rings. The topological polar surface area (TPSA) is 149 Å². The molecule has 3 fully saturated rings. The van der Waals surface area contributed by atoms with Crippen molar-refractivity contribution in [2.24, 2.45) is 0 Å². The van der Waals surface area contributed by atoms with Crippen molar-refractivity contribution in [1.82, 2.24) is 29.3 Å². The van der Waals surface area contributed by atoms with Crippen LogP contribution >= 0.6 is 0 Å². The van der Waals surface area contributed by atoms with E-state index in [0.29, 0.717) is 37.7 Å². The largest absolute Gasteiger partial charge is 0.498 e. The van der Waals surface area contributed by atoms with Crippen molar-refractivity contribution in [2.75, 3.05) is 0 Å². The fraction of sp³-hybridized carbons (Fsp3) is 0.750. The molecule has 3 aliphatic rings. The highest BCUT2D eigenvalue weighted by Gasteiger charge is 2.62. The minimum absolute atomic E-state index is 0.356. The van der Waals surface area contributed by atoms with Crippen molar-refractivity contribution in [2.45, 2.75) is 173 Å². The zero-order valence-electron chi connectivity index (χ0n) is 34.2. The molecule has 2 N–H and O–H groups in total. The number of rotatable bonds is 15. The molecule has 308 valence electrons. The number of halogens is 3. The molecule has 0 aromatic carbocycles. The lowest BCUT2D eigenvalue weighted by atomic mass is 9.72. The van der Waals surface area contributed by atoms with Gasteiger partial charge in [-0.2, -0.15) is 28.5 Å². The standard InChI is InChI=1S/C36H56B3F3N6O8/c1-11-16-46-21-26(17-43-46)39-55-34(9,14-12-32(7)30(3,4)51-37(53-32)27-18-44-47(22-27)20-25(2)49)35(10,56-39)15-13-33(8)31(5,6)52-38(54-33)28-19-45-48(23-28)24-29(50)36(40,41)42/h17-19,21-23,25,29,49-50H,11-16,20,24H2,1-10H3/t25-,29+,32?,33?,34?,35?/m1/s1. The molecule has 0 aliphatic carbocycles. The van der Waals surface area contributed by atoms with Crippen molar-refractivity contribution in [3.8, 4) is 0 Å². The average molecular weight is 790 g/mol. The summed E-state index contributed by atoms with van der Waals surface area (Å²) in [5.74, 6) is 0. The summed E-state index contributed by atoms with van der Waals surface area (Å²) in [7, 11) is -2.22. The van der Waals surface area contributed by atoms with Crippen molar-refractivity contribution in [3.05, 3.63) is 37.2 Å². The van der Waals surface area contributed by atoms with Crippen LogP contribution in [0, 0.1) is 0 Å². The Labute approximate surface area is 328 Å². The summed E-state index contributed by atoms with van der Waals surface area (Å²) >= 11 is 0. The second kappa shape index (κ2) is 15.2. The van der Waals surface area contributed by atoms with Crippen LogP contribution in [0.5, 0.6) is 0 Å². The quantitative estimate of drug-likeness (QED) is 0.219. The van der Waals surface area contributed by atoms with Gasteiger partial charge in [0.25, 0.3) is 0 Å². The summed E-state index contributed by atoms with van der Waals surface area (Å²) in [4.78, 5) is 0. The Morgan fingerprint density at radius 3 is 1.38 bits per heavy atom. The van der Waals surface area contributed by atoms with E-state index in [0.717, 1.165) is 28.6 Å². The highest BCUT2D eigenvalue weighted by molar-refractivity contribution is 6.62. The first-order chi connectivity index (χ1) is 25.9. The molecule has 0 spiro atoms. The van der Waals surface area contributed by atoms with Crippen LogP contribution in [0.1, 0.15) is 101 Å². The maximum Gasteiger partial charge on any atom is 0.498 e. The van der Waals surface area contributed by atoms with Crippen molar-refractivity contribution < 1.29 is 51.3 Å². The number of aliphatic hydroxyl groups excluding tert-OH is 2. The van der Waals surface area contributed by atoms with Gasteiger partial charge in [0, 0.05) is 60.1 Å². The molecule has 6 heterocycles. The highest BCUT2D eigenvalue weighted by Crippen LogP contribution is 2.50. The van der Waals surface area contributed by atoms with E-state index in [1.807, 2.05) is 51.7 Å². The summed E-state index contributed by atoms with van der Waals surface area (Å²) in [6, 6.07) is 0. The fourth-order valence-corrected chi connectivity index (χ4v) is 7.67. The molecule has 6 atom stereocenters. The monoisotopic (exact) mass is 790 g/mol. The molecule has 4 unspecified atom stereocenters. The predicted molar refractivity (Wildman–Crippen MR) is 204 cm³/mol. The van der Waals surface area contributed by atoms with Gasteiger partial charge >= 0.3 is 27.5 Å². The van der Waals surface area contributed by atoms with Gasteiger partial charge in [0.2, 0.25) is 0 Å². The van der Waals surface area contributed by atoms with E-state index in [2.05, 4.69) is 43.0 Å². The molecule has 20 heteroatoms. The Morgan fingerprint density at radius 2 is 0.964 bits per heavy atom. The Hall–Kier alpha value is -2.71. The zero-order chi connectivity index (χ0) is 41.1. The lowest BCUT2D eigenvalue weighted by Gasteiger charge is -2.45. The molecule has 0 amide bonds. The number of hydrogen-bond acceptors (Lipinski definition) is 11. The van der Waals surface area contributed by atoms with Crippen LogP contribution in [0.4, 0.5) is 13.2 Å². The Morgan fingerprint density at radius 1 is 0.607 bits per heavy atom. The van der Waals surface area contributed by atoms with Gasteiger partial charge in [0.1, 0.15) is 0 Å². The molecule has 6 rings (SSSR count). The average Bonchev–Trinajstić information content (AvgIpc) is 3.93. The summed E-state index contributed by atoms with van der Waals surface area (Å²) in [5.41, 5.74) is -2.73. The number of aliphatic hydroxyl groups is 2. The third kappa shape index (κ3) is 8.40. The van der Waals surface area contributed by atoms with E-state index in [9.17, 15) is 23.4 Å². The van der Waals surface area contributed by atoms with E-state index in [1.165, 1.54) is 12.4 Å². The van der Waals surface area contributed by atoms with Crippen LogP contribution in [0.3, 0.4) is 0 Å². The number of aromatic nitrogens is 6. The first kappa shape index (κ1) is 42.9. The first-order valence-corrected chi connectivity index (χ1v) is 19.5. The number of hydrogen-bond donors (Lipinski definition) is 2. The predicted octanol–water partition coefficient (Wildman–Crippen LogP) is 2.77. The third-order valence-electron chi connectivity index (χ3n) is 12.5. The van der Waals surface area contributed by atoms with Crippen LogP contribution in [0.2, 0.25) is 0 Å². The van der Waals surface area contributed by atoms with E-state index < -0.39 is 79.9 Å². The molecule has 3 saturated heterocycles. The molecule has 14 nitrogen and oxygen atoms in total. The Kier molecular flexibility index (Phi) is 11.6. The van der Waals surface area contributed by atoms with Gasteiger partial charge in [-0.05, 0) is 94.4 Å². The minimum atomic E-state index is -4.77. The van der Waals surface area contributed by atoms with Gasteiger partial charge in [0.15, 0.2) is 6.10 Å². The maximum absolute atomic E-state index is 13.0. The zero-order valence-corrected chi connectivity index (χ0v) is 34.2. The fourth-order valence-electron chi connectivity index (χ4n) is 7.67. The summed E-state index contributed by atoms with van der Waals surface area (Å²) in [5, 5.41) is 32.3. The highest BCUT2D eigenvalue weighted by atomic mass is 19.4. The molecule has 0 radical (unpaired) electrons. The second-order valence-electron chi connectivity index (χ2n) is 17.6. The van der Waals surface area contributed by atoms with Crippen LogP contribution in [0.15, 0.2) is 37.2 Å². The summed E-state index contributed by atoms with van der Waals surface area (Å²) in [6.45, 7) is 20.2. The lowest BCUT2D eigenvalue weighted by Crippen LogP contribution is -2.53. The Balaban J connectivity index is 1.20. The smallest absolute Gasteiger partial charge is 0.399 e. The van der Waals surface area contributed by atoms with Crippen molar-refractivity contribution in [1.29, 1.82) is 0 Å². The van der Waals surface area contributed by atoms with Gasteiger partial charge in [-0.1, -0.05) is 6.92 Å². The maximum atomic E-state index is 13.0. The molecular formula is C36H56B3F3N6O8. The van der Waals surface area contributed by atoms with Gasteiger partial charge in [0.05, 0.1) is 52.8 Å². The normalized spacial score (nSPS) is 30.2. The van der Waals surface area contributed by atoms with Crippen molar-refractivity contribution in [3.63, 3.8) is 0 Å². The second-order valence-corrected chi connectivity index (χ2v) is 17.6. The molecule has 0 bridgehead atoms. The van der Waals surface area contributed by atoms with Crippen LogP contribution in [0.25, 0.3) is 0 Å². The number of aryl methyl sites for hydroxylation is 1. The molecular weight excluding hydrogens is 734 g/mol. The SMILES string of the molecule is CCCn1cc(B2OC(C)(CCC3(C)OB(c4cnn(C[C@@H](C)O)c4)OC3(C)C)C(C)(CCC3(C)OB(c4cnn(C[C@H](O)C(F)(F)F)c4)OC3(C)C)O2)cn1. The van der Waals surface area contributed by atoms with Crippen molar-refractivity contribution >= 4 is 37.7 Å². The first-order valence-electron chi connectivity index (χ1n) is 19.5. The lowest BCUT2D eigenvalue weighted by molar-refractivity contribution is -0.208. The van der Waals surface area contributed by atoms with Gasteiger partial charge in [-0.15, -0.1) is 0 Å². The molecule has 56 heavy (non-hydrogen) atoms. The third-order valence-corrected chi connectivity index (χ3v) is 12.5. The van der Waals surface area contributed by atoms with E-state index in [1.54, 1.807) is 24.0 Å². The van der Waals surface area contributed by atoms with Gasteiger partial charge in [-0.25, -0.2) is 0 Å². The number of nitrogens with zero attached hydrogens (tertiary/aromatic N) is 6. The number of alkyl halides is 3. The Bertz CT molecular complexity index is 1830.